The number of ketones is 1. The van der Waals surface area contributed by atoms with Gasteiger partial charge in [0.1, 0.15) is 11.9 Å². The first-order valence-corrected chi connectivity index (χ1v) is 6.60. The first-order valence-electron chi connectivity index (χ1n) is 6.60. The van der Waals surface area contributed by atoms with Gasteiger partial charge in [-0.15, -0.1) is 0 Å². The summed E-state index contributed by atoms with van der Waals surface area (Å²) >= 11 is 0. The van der Waals surface area contributed by atoms with Crippen LogP contribution in [-0.2, 0) is 0 Å². The summed E-state index contributed by atoms with van der Waals surface area (Å²) < 4.78 is 5.10. The van der Waals surface area contributed by atoms with E-state index in [1.807, 2.05) is 13.8 Å². The second kappa shape index (κ2) is 7.26. The van der Waals surface area contributed by atoms with Gasteiger partial charge in [-0.1, -0.05) is 38.8 Å². The Morgan fingerprint density at radius 2 is 1.79 bits per heavy atom. The zero-order valence-corrected chi connectivity index (χ0v) is 11.7. The number of ether oxygens (including phenoxy) is 1. The molecule has 0 aliphatic rings. The zero-order chi connectivity index (χ0) is 14.4. The van der Waals surface area contributed by atoms with Crippen molar-refractivity contribution in [3.8, 4) is 5.75 Å². The third-order valence-corrected chi connectivity index (χ3v) is 3.50. The molecule has 0 heterocycles. The molecule has 0 unspecified atom stereocenters. The predicted molar refractivity (Wildman–Crippen MR) is 73.4 cm³/mol. The summed E-state index contributed by atoms with van der Waals surface area (Å²) in [6.07, 6.45) is -1.03. The molecule has 0 spiro atoms. The van der Waals surface area contributed by atoms with E-state index in [4.69, 9.17) is 4.74 Å². The van der Waals surface area contributed by atoms with Crippen LogP contribution in [0.3, 0.4) is 0 Å². The normalized spacial score (nSPS) is 14.2. The lowest BCUT2D eigenvalue weighted by atomic mass is 9.89. The molecule has 0 aliphatic heterocycles. The minimum atomic E-state index is -1.42. The SMILES string of the molecule is CCC(CC)[C@@H](O)[C@@H](O)C(=O)c1ccccc1OC. The molecule has 0 aliphatic carbocycles. The lowest BCUT2D eigenvalue weighted by Crippen LogP contribution is -2.39. The van der Waals surface area contributed by atoms with Gasteiger partial charge in [-0.2, -0.15) is 0 Å². The van der Waals surface area contributed by atoms with Crippen molar-refractivity contribution in [2.75, 3.05) is 7.11 Å². The van der Waals surface area contributed by atoms with Gasteiger partial charge in [-0.05, 0) is 18.1 Å². The Kier molecular flexibility index (Phi) is 5.99. The van der Waals surface area contributed by atoms with Crippen LogP contribution >= 0.6 is 0 Å². The summed E-state index contributed by atoms with van der Waals surface area (Å²) in [6.45, 7) is 3.86. The molecule has 4 nitrogen and oxygen atoms in total. The van der Waals surface area contributed by atoms with Crippen molar-refractivity contribution in [2.24, 2.45) is 5.92 Å². The number of para-hydroxylation sites is 1. The molecule has 0 aromatic heterocycles. The monoisotopic (exact) mass is 266 g/mol. The van der Waals surface area contributed by atoms with E-state index in [0.717, 1.165) is 0 Å². The number of carbonyl (C=O) groups excluding carboxylic acids is 1. The van der Waals surface area contributed by atoms with Crippen molar-refractivity contribution in [1.29, 1.82) is 0 Å². The zero-order valence-electron chi connectivity index (χ0n) is 11.7. The van der Waals surface area contributed by atoms with Crippen LogP contribution in [-0.4, -0.2) is 35.3 Å². The van der Waals surface area contributed by atoms with Gasteiger partial charge in [-0.25, -0.2) is 0 Å². The molecule has 0 bridgehead atoms. The lowest BCUT2D eigenvalue weighted by molar-refractivity contribution is -0.00904. The molecule has 19 heavy (non-hydrogen) atoms. The summed E-state index contributed by atoms with van der Waals surface area (Å²) in [5.74, 6) is -0.186. The third-order valence-electron chi connectivity index (χ3n) is 3.50. The smallest absolute Gasteiger partial charge is 0.197 e. The maximum absolute atomic E-state index is 12.2. The van der Waals surface area contributed by atoms with Gasteiger partial charge in [0.25, 0.3) is 0 Å². The Labute approximate surface area is 114 Å². The molecule has 2 N–H and O–H groups in total. The molecule has 0 fully saturated rings. The number of Topliss-reactive ketones (excluding diaryl/α,β-unsaturated/α-hetero) is 1. The van der Waals surface area contributed by atoms with Gasteiger partial charge in [0, 0.05) is 0 Å². The fraction of sp³-hybridized carbons (Fsp3) is 0.533. The minimum absolute atomic E-state index is 0.0892. The number of aliphatic hydroxyl groups excluding tert-OH is 2. The molecule has 0 radical (unpaired) electrons. The lowest BCUT2D eigenvalue weighted by Gasteiger charge is -2.24. The van der Waals surface area contributed by atoms with Gasteiger partial charge in [0.05, 0.1) is 18.8 Å². The number of carbonyl (C=O) groups is 1. The van der Waals surface area contributed by atoms with Gasteiger partial charge < -0.3 is 14.9 Å². The number of hydrogen-bond acceptors (Lipinski definition) is 4. The van der Waals surface area contributed by atoms with E-state index in [2.05, 4.69) is 0 Å². The average molecular weight is 266 g/mol. The molecule has 4 heteroatoms. The fourth-order valence-corrected chi connectivity index (χ4v) is 2.19. The Balaban J connectivity index is 2.93. The van der Waals surface area contributed by atoms with Crippen LogP contribution in [0.5, 0.6) is 5.75 Å². The first kappa shape index (κ1) is 15.7. The van der Waals surface area contributed by atoms with Crippen molar-refractivity contribution >= 4 is 5.78 Å². The highest BCUT2D eigenvalue weighted by Gasteiger charge is 2.31. The second-order valence-electron chi connectivity index (χ2n) is 4.58. The molecule has 0 amide bonds. The molecular formula is C15H22O4. The molecule has 0 saturated heterocycles. The predicted octanol–water partition coefficient (Wildman–Crippen LogP) is 2.04. The Morgan fingerprint density at radius 3 is 2.32 bits per heavy atom. The summed E-state index contributed by atoms with van der Waals surface area (Å²) in [7, 11) is 1.47. The summed E-state index contributed by atoms with van der Waals surface area (Å²) in [6, 6.07) is 6.69. The van der Waals surface area contributed by atoms with E-state index < -0.39 is 18.0 Å². The van der Waals surface area contributed by atoms with E-state index >= 15 is 0 Å². The van der Waals surface area contributed by atoms with E-state index in [1.165, 1.54) is 7.11 Å². The molecule has 106 valence electrons. The Hall–Kier alpha value is -1.39. The van der Waals surface area contributed by atoms with Crippen LogP contribution in [0.15, 0.2) is 24.3 Å². The van der Waals surface area contributed by atoms with E-state index in [1.54, 1.807) is 24.3 Å². The molecule has 2 atom stereocenters. The number of aliphatic hydroxyl groups is 2. The summed E-state index contributed by atoms with van der Waals surface area (Å²) in [5.41, 5.74) is 0.294. The van der Waals surface area contributed by atoms with Crippen molar-refractivity contribution < 1.29 is 19.7 Å². The van der Waals surface area contributed by atoms with E-state index in [-0.39, 0.29) is 5.92 Å². The van der Waals surface area contributed by atoms with Gasteiger partial charge in [0.15, 0.2) is 5.78 Å². The summed E-state index contributed by atoms with van der Waals surface area (Å²) in [5, 5.41) is 20.1. The molecule has 0 saturated carbocycles. The second-order valence-corrected chi connectivity index (χ2v) is 4.58. The van der Waals surface area contributed by atoms with Crippen LogP contribution < -0.4 is 4.74 Å². The van der Waals surface area contributed by atoms with Crippen molar-refractivity contribution in [2.45, 2.75) is 38.9 Å². The topological polar surface area (TPSA) is 66.8 Å². The molecule has 1 rings (SSSR count). The highest BCUT2D eigenvalue weighted by molar-refractivity contribution is 6.02. The highest BCUT2D eigenvalue weighted by Crippen LogP contribution is 2.23. The molecule has 1 aromatic carbocycles. The Morgan fingerprint density at radius 1 is 1.21 bits per heavy atom. The molecule has 1 aromatic rings. The maximum atomic E-state index is 12.2. The van der Waals surface area contributed by atoms with Crippen molar-refractivity contribution in [1.82, 2.24) is 0 Å². The number of hydrogen-bond donors (Lipinski definition) is 2. The van der Waals surface area contributed by atoms with Gasteiger partial charge in [0.2, 0.25) is 0 Å². The van der Waals surface area contributed by atoms with Gasteiger partial charge >= 0.3 is 0 Å². The van der Waals surface area contributed by atoms with Crippen molar-refractivity contribution in [3.63, 3.8) is 0 Å². The maximum Gasteiger partial charge on any atom is 0.197 e. The van der Waals surface area contributed by atoms with Crippen LogP contribution in [0.4, 0.5) is 0 Å². The minimum Gasteiger partial charge on any atom is -0.496 e. The summed E-state index contributed by atoms with van der Waals surface area (Å²) in [4.78, 5) is 12.2. The van der Waals surface area contributed by atoms with Crippen LogP contribution in [0.2, 0.25) is 0 Å². The number of benzene rings is 1. The quantitative estimate of drug-likeness (QED) is 0.741. The number of methoxy groups -OCH3 is 1. The first-order chi connectivity index (χ1) is 9.06. The average Bonchev–Trinajstić information content (AvgIpc) is 2.46. The van der Waals surface area contributed by atoms with E-state index in [9.17, 15) is 15.0 Å². The standard InChI is InChI=1S/C15H22O4/c1-4-10(5-2)13(16)15(18)14(17)11-8-6-7-9-12(11)19-3/h6-10,13,15-16,18H,4-5H2,1-3H3/t13-,15-/m1/s1. The fourth-order valence-electron chi connectivity index (χ4n) is 2.19. The van der Waals surface area contributed by atoms with Crippen molar-refractivity contribution in [3.05, 3.63) is 29.8 Å². The Bertz CT molecular complexity index is 412. The molecular weight excluding hydrogens is 244 g/mol. The van der Waals surface area contributed by atoms with Crippen LogP contribution in [0, 0.1) is 5.92 Å². The van der Waals surface area contributed by atoms with Crippen LogP contribution in [0.25, 0.3) is 0 Å². The third kappa shape index (κ3) is 3.55. The highest BCUT2D eigenvalue weighted by atomic mass is 16.5. The number of rotatable bonds is 7. The van der Waals surface area contributed by atoms with Crippen LogP contribution in [0.1, 0.15) is 37.0 Å². The van der Waals surface area contributed by atoms with Gasteiger partial charge in [-0.3, -0.25) is 4.79 Å². The largest absolute Gasteiger partial charge is 0.496 e. The van der Waals surface area contributed by atoms with E-state index in [0.29, 0.717) is 24.2 Å².